The minimum Gasteiger partial charge on any atom is -0.433 e. The van der Waals surface area contributed by atoms with Crippen molar-refractivity contribution in [2.24, 2.45) is 0 Å². The lowest BCUT2D eigenvalue weighted by molar-refractivity contribution is 0.0989. The number of halogens is 1. The second-order valence-corrected chi connectivity index (χ2v) is 3.56. The number of carbonyl (C=O) groups is 1. The van der Waals surface area contributed by atoms with E-state index in [-0.39, 0.29) is 17.0 Å². The SMILES string of the molecule is Cc1cccc2nc(C(=O)CBr)oc12. The van der Waals surface area contributed by atoms with Gasteiger partial charge in [0.2, 0.25) is 5.78 Å². The Morgan fingerprint density at radius 1 is 1.57 bits per heavy atom. The van der Waals surface area contributed by atoms with Gasteiger partial charge >= 0.3 is 0 Å². The molecule has 1 aromatic carbocycles. The Balaban J connectivity index is 2.62. The summed E-state index contributed by atoms with van der Waals surface area (Å²) in [6, 6.07) is 5.65. The van der Waals surface area contributed by atoms with Crippen LogP contribution in [0.3, 0.4) is 0 Å². The first-order valence-electron chi connectivity index (χ1n) is 4.17. The van der Waals surface area contributed by atoms with Crippen molar-refractivity contribution < 1.29 is 9.21 Å². The first kappa shape index (κ1) is 9.40. The lowest BCUT2D eigenvalue weighted by Gasteiger charge is -1.89. The van der Waals surface area contributed by atoms with E-state index in [9.17, 15) is 4.79 Å². The first-order valence-corrected chi connectivity index (χ1v) is 5.30. The van der Waals surface area contributed by atoms with Gasteiger partial charge in [0.05, 0.1) is 5.33 Å². The molecular formula is C10H8BrNO2. The van der Waals surface area contributed by atoms with Crippen molar-refractivity contribution in [1.82, 2.24) is 4.98 Å². The van der Waals surface area contributed by atoms with E-state index in [2.05, 4.69) is 20.9 Å². The summed E-state index contributed by atoms with van der Waals surface area (Å²) in [5.74, 6) is 0.0341. The standard InChI is InChI=1S/C10H8BrNO2/c1-6-3-2-4-7-9(6)14-10(12-7)8(13)5-11/h2-4H,5H2,1H3. The Labute approximate surface area is 89.3 Å². The number of alkyl halides is 1. The van der Waals surface area contributed by atoms with Gasteiger partial charge in [0.25, 0.3) is 5.89 Å². The zero-order valence-electron chi connectivity index (χ0n) is 7.58. The number of carbonyl (C=O) groups excluding carboxylic acids is 1. The van der Waals surface area contributed by atoms with Crippen molar-refractivity contribution in [3.05, 3.63) is 29.7 Å². The average Bonchev–Trinajstić information content (AvgIpc) is 2.62. The topological polar surface area (TPSA) is 43.1 Å². The van der Waals surface area contributed by atoms with Gasteiger partial charge in [0.1, 0.15) is 5.52 Å². The second-order valence-electron chi connectivity index (χ2n) is 3.00. The van der Waals surface area contributed by atoms with Gasteiger partial charge in [-0.25, -0.2) is 4.98 Å². The number of ketones is 1. The highest BCUT2D eigenvalue weighted by Gasteiger charge is 2.13. The molecule has 1 aromatic heterocycles. The van der Waals surface area contributed by atoms with E-state index >= 15 is 0 Å². The summed E-state index contributed by atoms with van der Waals surface area (Å²) in [6.07, 6.45) is 0. The van der Waals surface area contributed by atoms with Gasteiger partial charge in [0.15, 0.2) is 5.58 Å². The summed E-state index contributed by atoms with van der Waals surface area (Å²) in [5.41, 5.74) is 2.41. The molecule has 0 radical (unpaired) electrons. The lowest BCUT2D eigenvalue weighted by Crippen LogP contribution is -1.99. The Kier molecular flexibility index (Phi) is 2.37. The first-order chi connectivity index (χ1) is 6.72. The lowest BCUT2D eigenvalue weighted by atomic mass is 10.2. The van der Waals surface area contributed by atoms with Crippen LogP contribution in [0.5, 0.6) is 0 Å². The fourth-order valence-electron chi connectivity index (χ4n) is 1.26. The Bertz CT molecular complexity index is 490. The van der Waals surface area contributed by atoms with E-state index < -0.39 is 0 Å². The minimum absolute atomic E-state index is 0.138. The molecule has 2 aromatic rings. The third-order valence-corrected chi connectivity index (χ3v) is 2.48. The molecule has 14 heavy (non-hydrogen) atoms. The van der Waals surface area contributed by atoms with Crippen LogP contribution >= 0.6 is 15.9 Å². The molecule has 0 fully saturated rings. The number of benzene rings is 1. The number of aryl methyl sites for hydroxylation is 1. The van der Waals surface area contributed by atoms with Gasteiger partial charge in [0, 0.05) is 0 Å². The van der Waals surface area contributed by atoms with Crippen molar-refractivity contribution in [1.29, 1.82) is 0 Å². The second kappa shape index (κ2) is 3.53. The summed E-state index contributed by atoms with van der Waals surface area (Å²) in [6.45, 7) is 1.93. The summed E-state index contributed by atoms with van der Waals surface area (Å²) in [5, 5.41) is 0.235. The molecule has 0 aliphatic carbocycles. The largest absolute Gasteiger partial charge is 0.433 e. The maximum atomic E-state index is 11.3. The number of Topliss-reactive ketones (excluding diaryl/α,β-unsaturated/α-hetero) is 1. The molecule has 0 saturated heterocycles. The van der Waals surface area contributed by atoms with Gasteiger partial charge in [-0.05, 0) is 18.6 Å². The number of para-hydroxylation sites is 1. The van der Waals surface area contributed by atoms with E-state index in [1.54, 1.807) is 0 Å². The van der Waals surface area contributed by atoms with E-state index in [1.165, 1.54) is 0 Å². The molecule has 0 unspecified atom stereocenters. The molecule has 0 aliphatic rings. The highest BCUT2D eigenvalue weighted by Crippen LogP contribution is 2.19. The van der Waals surface area contributed by atoms with Crippen LogP contribution in [0.4, 0.5) is 0 Å². The maximum absolute atomic E-state index is 11.3. The third kappa shape index (κ3) is 1.46. The van der Waals surface area contributed by atoms with Crippen LogP contribution in [0, 0.1) is 6.92 Å². The zero-order valence-corrected chi connectivity index (χ0v) is 9.17. The van der Waals surface area contributed by atoms with E-state index in [1.807, 2.05) is 25.1 Å². The summed E-state index contributed by atoms with van der Waals surface area (Å²) in [7, 11) is 0. The van der Waals surface area contributed by atoms with E-state index in [0.717, 1.165) is 11.1 Å². The Morgan fingerprint density at radius 3 is 3.00 bits per heavy atom. The minimum atomic E-state index is -0.138. The molecule has 4 heteroatoms. The number of hydrogen-bond acceptors (Lipinski definition) is 3. The van der Waals surface area contributed by atoms with E-state index in [4.69, 9.17) is 4.42 Å². The van der Waals surface area contributed by atoms with Crippen LogP contribution in [0.1, 0.15) is 16.2 Å². The predicted octanol–water partition coefficient (Wildman–Crippen LogP) is 2.71. The maximum Gasteiger partial charge on any atom is 0.265 e. The monoisotopic (exact) mass is 253 g/mol. The molecule has 0 saturated carbocycles. The number of fused-ring (bicyclic) bond motifs is 1. The molecule has 0 N–H and O–H groups in total. The molecular weight excluding hydrogens is 246 g/mol. The molecule has 0 atom stereocenters. The smallest absolute Gasteiger partial charge is 0.265 e. The normalized spacial score (nSPS) is 10.7. The van der Waals surface area contributed by atoms with Crippen molar-refractivity contribution >= 4 is 32.8 Å². The molecule has 0 amide bonds. The molecule has 1 heterocycles. The predicted molar refractivity (Wildman–Crippen MR) is 56.9 cm³/mol. The summed E-state index contributed by atoms with van der Waals surface area (Å²) in [4.78, 5) is 15.4. The van der Waals surface area contributed by atoms with Crippen LogP contribution in [0.15, 0.2) is 22.6 Å². The van der Waals surface area contributed by atoms with Crippen molar-refractivity contribution in [3.8, 4) is 0 Å². The fraction of sp³-hybridized carbons (Fsp3) is 0.200. The van der Waals surface area contributed by atoms with Crippen LogP contribution in [-0.2, 0) is 0 Å². The number of hydrogen-bond donors (Lipinski definition) is 0. The Hall–Kier alpha value is -1.16. The van der Waals surface area contributed by atoms with Gasteiger partial charge in [-0.1, -0.05) is 28.1 Å². The van der Waals surface area contributed by atoms with Gasteiger partial charge < -0.3 is 4.42 Å². The van der Waals surface area contributed by atoms with E-state index in [0.29, 0.717) is 5.58 Å². The van der Waals surface area contributed by atoms with Crippen molar-refractivity contribution in [2.75, 3.05) is 5.33 Å². The molecule has 0 spiro atoms. The van der Waals surface area contributed by atoms with Crippen molar-refractivity contribution in [3.63, 3.8) is 0 Å². The van der Waals surface area contributed by atoms with Crippen LogP contribution in [0.25, 0.3) is 11.1 Å². The molecule has 3 nitrogen and oxygen atoms in total. The zero-order chi connectivity index (χ0) is 10.1. The van der Waals surface area contributed by atoms with Gasteiger partial charge in [-0.2, -0.15) is 0 Å². The highest BCUT2D eigenvalue weighted by atomic mass is 79.9. The molecule has 0 aliphatic heterocycles. The van der Waals surface area contributed by atoms with Crippen LogP contribution in [-0.4, -0.2) is 16.1 Å². The number of aromatic nitrogens is 1. The Morgan fingerprint density at radius 2 is 2.36 bits per heavy atom. The average molecular weight is 254 g/mol. The van der Waals surface area contributed by atoms with Crippen LogP contribution in [0.2, 0.25) is 0 Å². The van der Waals surface area contributed by atoms with Gasteiger partial charge in [-0.15, -0.1) is 0 Å². The van der Waals surface area contributed by atoms with Crippen molar-refractivity contribution in [2.45, 2.75) is 6.92 Å². The summed E-state index contributed by atoms with van der Waals surface area (Å²) < 4.78 is 5.36. The number of oxazole rings is 1. The quantitative estimate of drug-likeness (QED) is 0.611. The number of nitrogens with zero attached hydrogens (tertiary/aromatic N) is 1. The highest BCUT2D eigenvalue weighted by molar-refractivity contribution is 9.09. The summed E-state index contributed by atoms with van der Waals surface area (Å²) >= 11 is 3.08. The molecule has 0 bridgehead atoms. The third-order valence-electron chi connectivity index (χ3n) is 1.97. The number of rotatable bonds is 2. The molecule has 2 rings (SSSR count). The fourth-order valence-corrected chi connectivity index (χ4v) is 1.50. The van der Waals surface area contributed by atoms with Gasteiger partial charge in [-0.3, -0.25) is 4.79 Å². The molecule has 72 valence electrons. The van der Waals surface area contributed by atoms with Crippen LogP contribution < -0.4 is 0 Å².